The van der Waals surface area contributed by atoms with Crippen LogP contribution in [0.3, 0.4) is 0 Å². The summed E-state index contributed by atoms with van der Waals surface area (Å²) in [6.45, 7) is -0.729. The third-order valence-electron chi connectivity index (χ3n) is 0.421. The quantitative estimate of drug-likeness (QED) is 0.258. The number of aliphatic hydroxyl groups excluding tert-OH is 3. The van der Waals surface area contributed by atoms with Crippen molar-refractivity contribution in [3.63, 3.8) is 0 Å². The summed E-state index contributed by atoms with van der Waals surface area (Å²) >= 11 is 0. The molecule has 0 aromatic heterocycles. The van der Waals surface area contributed by atoms with E-state index in [1.807, 2.05) is 0 Å². The van der Waals surface area contributed by atoms with E-state index >= 15 is 0 Å². The van der Waals surface area contributed by atoms with Gasteiger partial charge in [-0.1, -0.05) is 0 Å². The average molecular weight is 174 g/mol. The van der Waals surface area contributed by atoms with Gasteiger partial charge < -0.3 is 30.0 Å². The summed E-state index contributed by atoms with van der Waals surface area (Å²) in [5.41, 5.74) is 0. The average Bonchev–Trinajstić information content (AvgIpc) is 1.85. The molecule has 0 radical (unpaired) electrons. The number of aliphatic hydroxyl groups is 3. The molecule has 0 atom stereocenters. The number of rotatable bonds is 2. The summed E-state index contributed by atoms with van der Waals surface area (Å²) in [4.78, 5) is 21.7. The van der Waals surface area contributed by atoms with Crippen LogP contribution in [-0.2, 0) is 0 Å². The van der Waals surface area contributed by atoms with Crippen molar-refractivity contribution in [3.8, 4) is 0 Å². The molecule has 0 aliphatic carbocycles. The zero-order chi connectivity index (χ0) is 8.57. The lowest BCUT2D eigenvalue weighted by molar-refractivity contribution is 0.0450. The molecule has 0 rings (SSSR count). The Hall–Kier alpha value is 0.190. The topological polar surface area (TPSA) is 121 Å². The standard InChI is InChI=1S/C3H8O3.H3O3P/c4-1-3(6)2-5;1-4(2)3/h3-6H,1-2H2;1-3H. The predicted molar refractivity (Wildman–Crippen MR) is 33.8 cm³/mol. The maximum atomic E-state index is 8.17. The van der Waals surface area contributed by atoms with Crippen molar-refractivity contribution in [2.75, 3.05) is 13.2 Å². The Morgan fingerprint density at radius 2 is 1.20 bits per heavy atom. The predicted octanol–water partition coefficient (Wildman–Crippen LogP) is -2.48. The van der Waals surface area contributed by atoms with Crippen molar-refractivity contribution in [2.45, 2.75) is 6.10 Å². The van der Waals surface area contributed by atoms with Crippen molar-refractivity contribution in [3.05, 3.63) is 0 Å². The van der Waals surface area contributed by atoms with E-state index in [1.54, 1.807) is 0 Å². The van der Waals surface area contributed by atoms with E-state index < -0.39 is 14.7 Å². The molecule has 0 saturated heterocycles. The van der Waals surface area contributed by atoms with Crippen LogP contribution in [-0.4, -0.2) is 49.3 Å². The molecular weight excluding hydrogens is 163 g/mol. The van der Waals surface area contributed by atoms with E-state index in [1.165, 1.54) is 0 Å². The van der Waals surface area contributed by atoms with Crippen LogP contribution in [0.2, 0.25) is 0 Å². The first-order chi connectivity index (χ1) is 4.54. The van der Waals surface area contributed by atoms with Gasteiger partial charge in [0.25, 0.3) is 0 Å². The smallest absolute Gasteiger partial charge is 0.324 e. The molecule has 0 aliphatic rings. The monoisotopic (exact) mass is 174 g/mol. The molecule has 10 heavy (non-hydrogen) atoms. The van der Waals surface area contributed by atoms with E-state index in [-0.39, 0.29) is 13.2 Å². The van der Waals surface area contributed by atoms with Crippen LogP contribution < -0.4 is 0 Å². The van der Waals surface area contributed by atoms with Gasteiger partial charge in [-0.25, -0.2) is 0 Å². The third kappa shape index (κ3) is 24.1. The maximum absolute atomic E-state index is 8.17. The molecule has 0 fully saturated rings. The minimum Gasteiger partial charge on any atom is -0.394 e. The molecule has 6 N–H and O–H groups in total. The third-order valence-corrected chi connectivity index (χ3v) is 0.421. The fraction of sp³-hybridized carbons (Fsp3) is 1.00. The highest BCUT2D eigenvalue weighted by Crippen LogP contribution is 2.11. The summed E-state index contributed by atoms with van der Waals surface area (Å²) in [5, 5.41) is 24.0. The molecule has 0 heterocycles. The molecule has 64 valence electrons. The van der Waals surface area contributed by atoms with Gasteiger partial charge in [0, 0.05) is 0 Å². The van der Waals surface area contributed by atoms with Crippen LogP contribution in [0.4, 0.5) is 0 Å². The minimum atomic E-state index is -2.62. The number of hydrogen-bond acceptors (Lipinski definition) is 6. The van der Waals surface area contributed by atoms with Crippen molar-refractivity contribution >= 4 is 8.60 Å². The molecule has 0 amide bonds. The SMILES string of the molecule is OCC(O)CO.OP(O)O. The van der Waals surface area contributed by atoms with Gasteiger partial charge in [0.05, 0.1) is 13.2 Å². The first-order valence-corrected chi connectivity index (χ1v) is 3.51. The van der Waals surface area contributed by atoms with Gasteiger partial charge in [0.15, 0.2) is 0 Å². The van der Waals surface area contributed by atoms with Crippen molar-refractivity contribution in [1.29, 1.82) is 0 Å². The Morgan fingerprint density at radius 3 is 1.20 bits per heavy atom. The van der Waals surface area contributed by atoms with Gasteiger partial charge in [0.2, 0.25) is 0 Å². The zero-order valence-corrected chi connectivity index (χ0v) is 6.02. The van der Waals surface area contributed by atoms with Crippen LogP contribution >= 0.6 is 8.60 Å². The van der Waals surface area contributed by atoms with Gasteiger partial charge in [-0.15, -0.1) is 0 Å². The highest BCUT2D eigenvalue weighted by atomic mass is 31.2. The second-order valence-corrected chi connectivity index (χ2v) is 1.82. The summed E-state index contributed by atoms with van der Waals surface area (Å²) < 4.78 is 0. The van der Waals surface area contributed by atoms with E-state index in [2.05, 4.69) is 0 Å². The Bertz CT molecular complexity index is 52.2. The first kappa shape index (κ1) is 12.8. The summed E-state index contributed by atoms with van der Waals surface area (Å²) in [6.07, 6.45) is -0.954. The van der Waals surface area contributed by atoms with E-state index in [0.717, 1.165) is 0 Å². The summed E-state index contributed by atoms with van der Waals surface area (Å²) in [7, 11) is -2.62. The Labute approximate surface area is 59.0 Å². The molecule has 6 nitrogen and oxygen atoms in total. The second-order valence-electron chi connectivity index (χ2n) is 1.29. The summed E-state index contributed by atoms with van der Waals surface area (Å²) in [6, 6.07) is 0. The van der Waals surface area contributed by atoms with Gasteiger partial charge in [-0.05, 0) is 0 Å². The molecule has 7 heteroatoms. The van der Waals surface area contributed by atoms with Gasteiger partial charge >= 0.3 is 8.60 Å². The normalized spacial score (nSPS) is 9.60. The highest BCUT2D eigenvalue weighted by molar-refractivity contribution is 7.38. The molecule has 0 aromatic rings. The maximum Gasteiger partial charge on any atom is 0.324 e. The Kier molecular flexibility index (Phi) is 11.8. The molecule has 0 unspecified atom stereocenters. The van der Waals surface area contributed by atoms with Crippen LogP contribution in [0, 0.1) is 0 Å². The lowest BCUT2D eigenvalue weighted by Gasteiger charge is -1.96. The van der Waals surface area contributed by atoms with Crippen LogP contribution in [0.5, 0.6) is 0 Å². The number of hydrogen-bond donors (Lipinski definition) is 6. The Balaban J connectivity index is 0. The van der Waals surface area contributed by atoms with Crippen LogP contribution in [0.15, 0.2) is 0 Å². The van der Waals surface area contributed by atoms with Crippen LogP contribution in [0.1, 0.15) is 0 Å². The van der Waals surface area contributed by atoms with E-state index in [9.17, 15) is 0 Å². The molecule has 0 spiro atoms. The first-order valence-electron chi connectivity index (χ1n) is 2.31. The van der Waals surface area contributed by atoms with Gasteiger partial charge in [-0.3, -0.25) is 0 Å². The fourth-order valence-electron chi connectivity index (χ4n) is 0.0577. The lowest BCUT2D eigenvalue weighted by atomic mass is 10.4. The lowest BCUT2D eigenvalue weighted by Crippen LogP contribution is -2.15. The summed E-state index contributed by atoms with van der Waals surface area (Å²) in [5.74, 6) is 0. The van der Waals surface area contributed by atoms with Crippen LogP contribution in [0.25, 0.3) is 0 Å². The van der Waals surface area contributed by atoms with E-state index in [4.69, 9.17) is 30.0 Å². The fourth-order valence-corrected chi connectivity index (χ4v) is 0.0577. The minimum absolute atomic E-state index is 0.365. The Morgan fingerprint density at radius 1 is 1.00 bits per heavy atom. The van der Waals surface area contributed by atoms with Crippen molar-refractivity contribution < 1.29 is 30.0 Å². The highest BCUT2D eigenvalue weighted by Gasteiger charge is 1.93. The second kappa shape index (κ2) is 9.19. The largest absolute Gasteiger partial charge is 0.394 e. The van der Waals surface area contributed by atoms with Gasteiger partial charge in [0.1, 0.15) is 6.10 Å². The van der Waals surface area contributed by atoms with Crippen molar-refractivity contribution in [1.82, 2.24) is 0 Å². The van der Waals surface area contributed by atoms with Gasteiger partial charge in [-0.2, -0.15) is 0 Å². The molecule has 0 aromatic carbocycles. The zero-order valence-electron chi connectivity index (χ0n) is 5.12. The molecule has 0 aliphatic heterocycles. The molecule has 0 bridgehead atoms. The molecule has 0 saturated carbocycles. The van der Waals surface area contributed by atoms with Crippen molar-refractivity contribution in [2.24, 2.45) is 0 Å². The van der Waals surface area contributed by atoms with E-state index in [0.29, 0.717) is 0 Å². The molecular formula is C3H11O6P.